The summed E-state index contributed by atoms with van der Waals surface area (Å²) < 4.78 is 5.34. The van der Waals surface area contributed by atoms with Crippen molar-refractivity contribution >= 4 is 12.0 Å². The van der Waals surface area contributed by atoms with Crippen molar-refractivity contribution in [1.29, 1.82) is 0 Å². The van der Waals surface area contributed by atoms with E-state index in [2.05, 4.69) is 10.6 Å². The first-order valence-electron chi connectivity index (χ1n) is 7.00. The smallest absolute Gasteiger partial charge is 0.315 e. The fourth-order valence-electron chi connectivity index (χ4n) is 2.01. The molecule has 3 N–H and O–H groups in total. The second kappa shape index (κ2) is 7.89. The summed E-state index contributed by atoms with van der Waals surface area (Å²) in [6.07, 6.45) is 3.75. The van der Waals surface area contributed by atoms with Gasteiger partial charge < -0.3 is 20.5 Å². The van der Waals surface area contributed by atoms with E-state index in [4.69, 9.17) is 9.84 Å². The Balaban J connectivity index is 2.39. The van der Waals surface area contributed by atoms with Crippen molar-refractivity contribution in [2.24, 2.45) is 11.8 Å². The number of carboxylic acids is 1. The predicted octanol–water partition coefficient (Wildman–Crippen LogP) is 1.38. The van der Waals surface area contributed by atoms with E-state index in [9.17, 15) is 9.59 Å². The number of carbonyl (C=O) groups is 2. The molecule has 114 valence electrons. The van der Waals surface area contributed by atoms with Gasteiger partial charge in [0, 0.05) is 6.61 Å². The molecule has 6 nitrogen and oxygen atoms in total. The van der Waals surface area contributed by atoms with E-state index < -0.39 is 11.9 Å². The van der Waals surface area contributed by atoms with Crippen LogP contribution in [0.15, 0.2) is 12.2 Å². The molecule has 3 unspecified atom stereocenters. The molecule has 0 aromatic heterocycles. The van der Waals surface area contributed by atoms with Gasteiger partial charge in [-0.3, -0.25) is 4.79 Å². The van der Waals surface area contributed by atoms with Gasteiger partial charge in [0.1, 0.15) is 0 Å². The Morgan fingerprint density at radius 3 is 2.60 bits per heavy atom. The van der Waals surface area contributed by atoms with Crippen LogP contribution in [0.4, 0.5) is 4.79 Å². The number of aliphatic carboxylic acids is 1. The molecular formula is C14H24N2O4. The average molecular weight is 284 g/mol. The molecule has 0 bridgehead atoms. The Bertz CT molecular complexity index is 368. The molecule has 0 aromatic rings. The van der Waals surface area contributed by atoms with Gasteiger partial charge in [0.25, 0.3) is 0 Å². The third-order valence-electron chi connectivity index (χ3n) is 3.34. The van der Waals surface area contributed by atoms with Gasteiger partial charge in [-0.15, -0.1) is 0 Å². The number of hydrogen-bond acceptors (Lipinski definition) is 3. The van der Waals surface area contributed by atoms with Crippen molar-refractivity contribution in [3.05, 3.63) is 12.2 Å². The first kappa shape index (κ1) is 16.5. The third kappa shape index (κ3) is 5.21. The molecule has 0 spiro atoms. The second-order valence-corrected chi connectivity index (χ2v) is 5.30. The maximum absolute atomic E-state index is 11.9. The van der Waals surface area contributed by atoms with E-state index in [0.29, 0.717) is 19.6 Å². The van der Waals surface area contributed by atoms with E-state index in [1.807, 2.05) is 20.8 Å². The summed E-state index contributed by atoms with van der Waals surface area (Å²) in [5, 5.41) is 14.5. The van der Waals surface area contributed by atoms with Gasteiger partial charge in [-0.1, -0.05) is 26.0 Å². The molecule has 0 aliphatic heterocycles. The minimum Gasteiger partial charge on any atom is -0.481 e. The van der Waals surface area contributed by atoms with Gasteiger partial charge in [0.15, 0.2) is 0 Å². The molecule has 0 aromatic carbocycles. The van der Waals surface area contributed by atoms with E-state index in [1.54, 1.807) is 12.2 Å². The maximum Gasteiger partial charge on any atom is 0.315 e. The first-order chi connectivity index (χ1) is 9.43. The van der Waals surface area contributed by atoms with Gasteiger partial charge in [-0.05, 0) is 19.3 Å². The van der Waals surface area contributed by atoms with E-state index >= 15 is 0 Å². The van der Waals surface area contributed by atoms with Crippen molar-refractivity contribution in [2.75, 3.05) is 13.2 Å². The predicted molar refractivity (Wildman–Crippen MR) is 75.5 cm³/mol. The summed E-state index contributed by atoms with van der Waals surface area (Å²) in [5.41, 5.74) is 0. The molecule has 0 fully saturated rings. The summed E-state index contributed by atoms with van der Waals surface area (Å²) in [6.45, 7) is 7.02. The first-order valence-corrected chi connectivity index (χ1v) is 7.00. The molecular weight excluding hydrogens is 260 g/mol. The van der Waals surface area contributed by atoms with Gasteiger partial charge in [-0.25, -0.2) is 4.79 Å². The molecule has 0 saturated carbocycles. The Hall–Kier alpha value is -1.56. The van der Waals surface area contributed by atoms with Crippen LogP contribution in [0.1, 0.15) is 27.2 Å². The van der Waals surface area contributed by atoms with E-state index in [1.165, 1.54) is 0 Å². The number of carbonyl (C=O) groups excluding carboxylic acids is 1. The van der Waals surface area contributed by atoms with Crippen molar-refractivity contribution in [1.82, 2.24) is 10.6 Å². The van der Waals surface area contributed by atoms with Crippen LogP contribution in [0.25, 0.3) is 0 Å². The lowest BCUT2D eigenvalue weighted by atomic mass is 10.1. The molecule has 3 atom stereocenters. The SMILES string of the molecule is CCOCC(NC(=O)NC1C=CC(C(=O)O)C1)C(C)C. The summed E-state index contributed by atoms with van der Waals surface area (Å²) in [6, 6.07) is -0.573. The Labute approximate surface area is 119 Å². The number of carboxylic acid groups (broad SMARTS) is 1. The number of nitrogens with one attached hydrogen (secondary N) is 2. The Kier molecular flexibility index (Phi) is 6.51. The normalized spacial score (nSPS) is 22.8. The van der Waals surface area contributed by atoms with Crippen LogP contribution in [0, 0.1) is 11.8 Å². The van der Waals surface area contributed by atoms with Crippen LogP contribution in [0.5, 0.6) is 0 Å². The number of rotatable bonds is 7. The van der Waals surface area contributed by atoms with Crippen LogP contribution >= 0.6 is 0 Å². The highest BCUT2D eigenvalue weighted by Crippen LogP contribution is 2.17. The third-order valence-corrected chi connectivity index (χ3v) is 3.34. The molecule has 20 heavy (non-hydrogen) atoms. The zero-order valence-electron chi connectivity index (χ0n) is 12.3. The molecule has 1 rings (SSSR count). The summed E-state index contributed by atoms with van der Waals surface area (Å²) in [4.78, 5) is 22.7. The van der Waals surface area contributed by atoms with Crippen molar-refractivity contribution < 1.29 is 19.4 Å². The van der Waals surface area contributed by atoms with Crippen molar-refractivity contribution in [2.45, 2.75) is 39.3 Å². The fraction of sp³-hybridized carbons (Fsp3) is 0.714. The Morgan fingerprint density at radius 2 is 2.10 bits per heavy atom. The van der Waals surface area contributed by atoms with Crippen LogP contribution in [0.2, 0.25) is 0 Å². The quantitative estimate of drug-likeness (QED) is 0.616. The number of amides is 2. The highest BCUT2D eigenvalue weighted by molar-refractivity contribution is 5.76. The summed E-state index contributed by atoms with van der Waals surface area (Å²) in [5.74, 6) is -1.11. The molecule has 6 heteroatoms. The molecule has 1 aliphatic carbocycles. The summed E-state index contributed by atoms with van der Waals surface area (Å²) in [7, 11) is 0. The van der Waals surface area contributed by atoms with Crippen molar-refractivity contribution in [3.63, 3.8) is 0 Å². The molecule has 0 saturated heterocycles. The van der Waals surface area contributed by atoms with E-state index in [-0.39, 0.29) is 24.0 Å². The zero-order valence-corrected chi connectivity index (χ0v) is 12.3. The standard InChI is InChI=1S/C14H24N2O4/c1-4-20-8-12(9(2)3)16-14(19)15-11-6-5-10(7-11)13(17)18/h5-6,9-12H,4,7-8H2,1-3H3,(H,17,18)(H2,15,16,19). The number of urea groups is 1. The van der Waals surface area contributed by atoms with E-state index in [0.717, 1.165) is 0 Å². The molecule has 0 radical (unpaired) electrons. The molecule has 0 heterocycles. The fourth-order valence-corrected chi connectivity index (χ4v) is 2.01. The minimum atomic E-state index is -0.859. The van der Waals surface area contributed by atoms with Crippen molar-refractivity contribution in [3.8, 4) is 0 Å². The van der Waals surface area contributed by atoms with Crippen LogP contribution < -0.4 is 10.6 Å². The Morgan fingerprint density at radius 1 is 1.40 bits per heavy atom. The average Bonchev–Trinajstić information content (AvgIpc) is 2.82. The number of ether oxygens (including phenoxy) is 1. The lowest BCUT2D eigenvalue weighted by Crippen LogP contribution is -2.49. The van der Waals surface area contributed by atoms with Crippen LogP contribution in [0.3, 0.4) is 0 Å². The summed E-state index contributed by atoms with van der Waals surface area (Å²) >= 11 is 0. The second-order valence-electron chi connectivity index (χ2n) is 5.30. The number of hydrogen-bond donors (Lipinski definition) is 3. The van der Waals surface area contributed by atoms with Gasteiger partial charge in [0.05, 0.1) is 24.6 Å². The molecule has 1 aliphatic rings. The lowest BCUT2D eigenvalue weighted by Gasteiger charge is -2.23. The highest BCUT2D eigenvalue weighted by atomic mass is 16.5. The highest BCUT2D eigenvalue weighted by Gasteiger charge is 2.26. The minimum absolute atomic E-state index is 0.0596. The van der Waals surface area contributed by atoms with Gasteiger partial charge >= 0.3 is 12.0 Å². The van der Waals surface area contributed by atoms with Gasteiger partial charge in [0.2, 0.25) is 0 Å². The van der Waals surface area contributed by atoms with Crippen LogP contribution in [-0.4, -0.2) is 42.4 Å². The van der Waals surface area contributed by atoms with Crippen LogP contribution in [-0.2, 0) is 9.53 Å². The lowest BCUT2D eigenvalue weighted by molar-refractivity contribution is -0.140. The zero-order chi connectivity index (χ0) is 15.1. The monoisotopic (exact) mass is 284 g/mol. The topological polar surface area (TPSA) is 87.7 Å². The molecule has 2 amide bonds. The van der Waals surface area contributed by atoms with Gasteiger partial charge in [-0.2, -0.15) is 0 Å². The maximum atomic E-state index is 11.9. The largest absolute Gasteiger partial charge is 0.481 e.